The van der Waals surface area contributed by atoms with Crippen LogP contribution in [0.15, 0.2) is 84.9 Å². The predicted octanol–water partition coefficient (Wildman–Crippen LogP) is 4.41. The molecule has 1 saturated heterocycles. The predicted molar refractivity (Wildman–Crippen MR) is 119 cm³/mol. The first-order valence-corrected chi connectivity index (χ1v) is 10.8. The van der Waals surface area contributed by atoms with E-state index in [1.807, 2.05) is 77.7 Å². The molecule has 0 unspecified atom stereocenters. The number of fused-ring (bicyclic) bond motifs is 2. The number of hydrogen-bond donors (Lipinski definition) is 1. The number of amides is 1. The van der Waals surface area contributed by atoms with Crippen LogP contribution in [0.4, 0.5) is 0 Å². The van der Waals surface area contributed by atoms with Crippen LogP contribution in [0.25, 0.3) is 0 Å². The van der Waals surface area contributed by atoms with Gasteiger partial charge in [0.2, 0.25) is 0 Å². The molecular weight excluding hydrogens is 386 g/mol. The highest BCUT2D eigenvalue weighted by Gasteiger charge is 2.52. The molecule has 0 spiro atoms. The van der Waals surface area contributed by atoms with Gasteiger partial charge in [0, 0.05) is 24.1 Å². The molecule has 4 atom stereocenters. The number of aliphatic carboxylic acids is 1. The van der Waals surface area contributed by atoms with Gasteiger partial charge in [-0.1, -0.05) is 72.8 Å². The topological polar surface area (TPSA) is 57.6 Å². The summed E-state index contributed by atoms with van der Waals surface area (Å²) in [6, 6.07) is 27.1. The number of likely N-dealkylation sites (tertiary alicyclic amines) is 1. The third-order valence-corrected chi connectivity index (χ3v) is 6.91. The molecule has 1 fully saturated rings. The van der Waals surface area contributed by atoms with Crippen molar-refractivity contribution in [2.75, 3.05) is 6.54 Å². The van der Waals surface area contributed by atoms with Crippen molar-refractivity contribution in [3.8, 4) is 0 Å². The van der Waals surface area contributed by atoms with E-state index in [9.17, 15) is 14.7 Å². The molecule has 0 saturated carbocycles. The van der Waals surface area contributed by atoms with Crippen molar-refractivity contribution in [3.05, 3.63) is 107 Å². The van der Waals surface area contributed by atoms with E-state index in [4.69, 9.17) is 0 Å². The minimum Gasteiger partial charge on any atom is -0.481 e. The van der Waals surface area contributed by atoms with Crippen LogP contribution in [0, 0.1) is 11.8 Å². The third-order valence-electron chi connectivity index (χ3n) is 6.91. The highest BCUT2D eigenvalue weighted by molar-refractivity contribution is 5.95. The fourth-order valence-corrected chi connectivity index (χ4v) is 5.62. The third kappa shape index (κ3) is 3.52. The highest BCUT2D eigenvalue weighted by atomic mass is 16.4. The van der Waals surface area contributed by atoms with Crippen LogP contribution in [0.5, 0.6) is 0 Å². The summed E-state index contributed by atoms with van der Waals surface area (Å²) >= 11 is 0. The van der Waals surface area contributed by atoms with Gasteiger partial charge in [-0.3, -0.25) is 9.59 Å². The second-order valence-corrected chi connectivity index (χ2v) is 8.64. The zero-order valence-corrected chi connectivity index (χ0v) is 17.2. The van der Waals surface area contributed by atoms with E-state index in [-0.39, 0.29) is 23.8 Å². The smallest absolute Gasteiger partial charge is 0.311 e. The molecule has 31 heavy (non-hydrogen) atoms. The standard InChI is InChI=1S/C27H25NO3/c29-26(19-11-5-2-6-12-19)28-17-21-16-20-13-7-8-14-22(20)25(27(30)31)24(21)23(28)15-18-9-3-1-4-10-18/h1-14,21,23-25H,15-17H2,(H,30,31)/t21-,23-,24-,25+/m0/s1. The van der Waals surface area contributed by atoms with Crippen LogP contribution in [0.2, 0.25) is 0 Å². The zero-order chi connectivity index (χ0) is 21.4. The number of carboxylic acids is 1. The van der Waals surface area contributed by atoms with Crippen molar-refractivity contribution in [1.82, 2.24) is 4.90 Å². The monoisotopic (exact) mass is 411 g/mol. The summed E-state index contributed by atoms with van der Waals surface area (Å²) in [6.45, 7) is 0.591. The van der Waals surface area contributed by atoms with Gasteiger partial charge in [0.25, 0.3) is 5.91 Å². The Hall–Kier alpha value is -3.40. The average Bonchev–Trinajstić information content (AvgIpc) is 3.15. The Kier molecular flexibility index (Phi) is 5.06. The average molecular weight is 412 g/mol. The Morgan fingerprint density at radius 1 is 0.871 bits per heavy atom. The first-order valence-electron chi connectivity index (χ1n) is 10.8. The second kappa shape index (κ2) is 8.03. The van der Waals surface area contributed by atoms with Crippen molar-refractivity contribution < 1.29 is 14.7 Å². The van der Waals surface area contributed by atoms with E-state index < -0.39 is 11.9 Å². The minimum atomic E-state index is -0.797. The Bertz CT molecular complexity index is 1100. The highest BCUT2D eigenvalue weighted by Crippen LogP contribution is 2.48. The first-order chi connectivity index (χ1) is 15.1. The fraction of sp³-hybridized carbons (Fsp3) is 0.259. The van der Waals surface area contributed by atoms with Gasteiger partial charge in [0.15, 0.2) is 0 Å². The van der Waals surface area contributed by atoms with Gasteiger partial charge < -0.3 is 10.0 Å². The van der Waals surface area contributed by atoms with Crippen molar-refractivity contribution in [1.29, 1.82) is 0 Å². The number of hydrogen-bond acceptors (Lipinski definition) is 2. The van der Waals surface area contributed by atoms with Crippen LogP contribution < -0.4 is 0 Å². The summed E-state index contributed by atoms with van der Waals surface area (Å²) in [5, 5.41) is 10.3. The summed E-state index contributed by atoms with van der Waals surface area (Å²) in [5.41, 5.74) is 3.79. The number of benzene rings is 3. The number of carbonyl (C=O) groups excluding carboxylic acids is 1. The first kappa shape index (κ1) is 19.6. The van der Waals surface area contributed by atoms with Crippen molar-refractivity contribution >= 4 is 11.9 Å². The Balaban J connectivity index is 1.58. The molecule has 1 amide bonds. The van der Waals surface area contributed by atoms with Crippen molar-refractivity contribution in [2.24, 2.45) is 11.8 Å². The van der Waals surface area contributed by atoms with Gasteiger partial charge in [-0.05, 0) is 47.6 Å². The summed E-state index contributed by atoms with van der Waals surface area (Å²) in [7, 11) is 0. The number of carbonyl (C=O) groups is 2. The normalized spacial score (nSPS) is 24.3. The molecule has 0 radical (unpaired) electrons. The molecule has 1 aliphatic carbocycles. The summed E-state index contributed by atoms with van der Waals surface area (Å²) in [5.74, 6) is -1.38. The van der Waals surface area contributed by atoms with Crippen molar-refractivity contribution in [3.63, 3.8) is 0 Å². The van der Waals surface area contributed by atoms with E-state index in [2.05, 4.69) is 12.1 Å². The lowest BCUT2D eigenvalue weighted by Gasteiger charge is -2.36. The lowest BCUT2D eigenvalue weighted by molar-refractivity contribution is -0.141. The maximum atomic E-state index is 13.5. The SMILES string of the molecule is O=C(O)[C@@H]1c2ccccc2C[C@H]2CN(C(=O)c3ccccc3)[C@@H](Cc3ccccc3)[C@H]21. The quantitative estimate of drug-likeness (QED) is 0.692. The zero-order valence-electron chi connectivity index (χ0n) is 17.2. The molecule has 156 valence electrons. The van der Waals surface area contributed by atoms with Gasteiger partial charge in [-0.25, -0.2) is 0 Å². The molecule has 3 aromatic carbocycles. The maximum absolute atomic E-state index is 13.5. The van der Waals surface area contributed by atoms with Crippen molar-refractivity contribution in [2.45, 2.75) is 24.8 Å². The molecule has 0 aromatic heterocycles. The van der Waals surface area contributed by atoms with Crippen LogP contribution >= 0.6 is 0 Å². The molecule has 3 aromatic rings. The van der Waals surface area contributed by atoms with Gasteiger partial charge in [-0.15, -0.1) is 0 Å². The minimum absolute atomic E-state index is 0.0101. The number of carboxylic acid groups (broad SMARTS) is 1. The summed E-state index contributed by atoms with van der Waals surface area (Å²) in [4.78, 5) is 28.0. The largest absolute Gasteiger partial charge is 0.481 e. The molecule has 2 aliphatic rings. The van der Waals surface area contributed by atoms with E-state index in [0.29, 0.717) is 18.5 Å². The number of nitrogens with zero attached hydrogens (tertiary/aromatic N) is 1. The molecule has 5 rings (SSSR count). The lowest BCUT2D eigenvalue weighted by Crippen LogP contribution is -2.43. The van der Waals surface area contributed by atoms with E-state index in [1.54, 1.807) is 0 Å². The van der Waals surface area contributed by atoms with Gasteiger partial charge in [0.1, 0.15) is 0 Å². The van der Waals surface area contributed by atoms with Gasteiger partial charge in [-0.2, -0.15) is 0 Å². The molecule has 0 bridgehead atoms. The Labute approximate surface area is 182 Å². The Morgan fingerprint density at radius 3 is 2.23 bits per heavy atom. The molecule has 1 heterocycles. The van der Waals surface area contributed by atoms with Crippen LogP contribution in [-0.2, 0) is 17.6 Å². The second-order valence-electron chi connectivity index (χ2n) is 8.64. The molecular formula is C27H25NO3. The maximum Gasteiger partial charge on any atom is 0.311 e. The van der Waals surface area contributed by atoms with Crippen LogP contribution in [0.1, 0.15) is 33.0 Å². The molecule has 1 N–H and O–H groups in total. The Morgan fingerprint density at radius 2 is 1.52 bits per heavy atom. The molecule has 1 aliphatic heterocycles. The van der Waals surface area contributed by atoms with E-state index in [1.165, 1.54) is 0 Å². The van der Waals surface area contributed by atoms with E-state index >= 15 is 0 Å². The lowest BCUT2D eigenvalue weighted by atomic mass is 9.67. The summed E-state index contributed by atoms with van der Waals surface area (Å²) < 4.78 is 0. The summed E-state index contributed by atoms with van der Waals surface area (Å²) in [6.07, 6.45) is 1.47. The van der Waals surface area contributed by atoms with Crippen LogP contribution in [0.3, 0.4) is 0 Å². The van der Waals surface area contributed by atoms with Crippen LogP contribution in [-0.4, -0.2) is 34.5 Å². The number of rotatable bonds is 4. The molecule has 4 nitrogen and oxygen atoms in total. The van der Waals surface area contributed by atoms with E-state index in [0.717, 1.165) is 23.1 Å². The fourth-order valence-electron chi connectivity index (χ4n) is 5.62. The van der Waals surface area contributed by atoms with Gasteiger partial charge in [0.05, 0.1) is 5.92 Å². The molecule has 4 heteroatoms. The van der Waals surface area contributed by atoms with Gasteiger partial charge >= 0.3 is 5.97 Å².